The van der Waals surface area contributed by atoms with Gasteiger partial charge in [0.1, 0.15) is 0 Å². The average Bonchev–Trinajstić information content (AvgIpc) is 3.51. The summed E-state index contributed by atoms with van der Waals surface area (Å²) in [5.74, 6) is -0.142. The molecule has 3 aromatic rings. The second-order valence-electron chi connectivity index (χ2n) is 6.79. The second kappa shape index (κ2) is 7.59. The predicted octanol–water partition coefficient (Wildman–Crippen LogP) is 3.66. The third-order valence-electron chi connectivity index (χ3n) is 4.57. The third-order valence-corrected chi connectivity index (χ3v) is 5.53. The average molecular weight is 393 g/mol. The molecule has 0 spiro atoms. The molecule has 1 aliphatic carbocycles. The summed E-state index contributed by atoms with van der Waals surface area (Å²) in [5, 5.41) is 3.97. The van der Waals surface area contributed by atoms with Crippen LogP contribution in [0.15, 0.2) is 58.5 Å². The lowest BCUT2D eigenvalue weighted by atomic mass is 10.1. The van der Waals surface area contributed by atoms with Gasteiger partial charge in [-0.3, -0.25) is 19.0 Å². The predicted molar refractivity (Wildman–Crippen MR) is 110 cm³/mol. The number of rotatable bonds is 6. The van der Waals surface area contributed by atoms with Crippen LogP contribution in [0.4, 0.5) is 5.69 Å². The molecule has 0 aliphatic heterocycles. The van der Waals surface area contributed by atoms with Crippen LogP contribution in [0.2, 0.25) is 0 Å². The van der Waals surface area contributed by atoms with Gasteiger partial charge < -0.3 is 5.32 Å². The number of hydrogen-bond acceptors (Lipinski definition) is 5. The van der Waals surface area contributed by atoms with Crippen molar-refractivity contribution < 1.29 is 9.59 Å². The first kappa shape index (κ1) is 18.4. The maximum absolute atomic E-state index is 12.8. The van der Waals surface area contributed by atoms with Gasteiger partial charge in [0.2, 0.25) is 5.91 Å². The number of ketones is 1. The number of thioether (sulfide) groups is 1. The van der Waals surface area contributed by atoms with Crippen LogP contribution >= 0.6 is 11.8 Å². The summed E-state index contributed by atoms with van der Waals surface area (Å²) in [6.45, 7) is 1.49. The van der Waals surface area contributed by atoms with Gasteiger partial charge in [-0.25, -0.2) is 4.98 Å². The molecule has 0 unspecified atom stereocenters. The molecule has 0 saturated heterocycles. The highest BCUT2D eigenvalue weighted by atomic mass is 32.2. The van der Waals surface area contributed by atoms with E-state index in [1.807, 2.05) is 18.2 Å². The zero-order valence-electron chi connectivity index (χ0n) is 15.3. The first-order valence-electron chi connectivity index (χ1n) is 9.08. The van der Waals surface area contributed by atoms with E-state index in [1.54, 1.807) is 34.9 Å². The van der Waals surface area contributed by atoms with Crippen molar-refractivity contribution in [3.8, 4) is 0 Å². The molecular formula is C21H19N3O3S. The Morgan fingerprint density at radius 2 is 1.96 bits per heavy atom. The van der Waals surface area contributed by atoms with E-state index in [0.29, 0.717) is 27.3 Å². The molecule has 1 amide bonds. The number of carbonyl (C=O) groups excluding carboxylic acids is 2. The first-order valence-corrected chi connectivity index (χ1v) is 10.1. The number of fused-ring (bicyclic) bond motifs is 1. The van der Waals surface area contributed by atoms with Crippen molar-refractivity contribution in [2.45, 2.75) is 31.0 Å². The zero-order chi connectivity index (χ0) is 19.7. The molecule has 1 aromatic heterocycles. The second-order valence-corrected chi connectivity index (χ2v) is 7.73. The Labute approximate surface area is 166 Å². The van der Waals surface area contributed by atoms with Gasteiger partial charge in [-0.15, -0.1) is 0 Å². The van der Waals surface area contributed by atoms with Crippen molar-refractivity contribution in [1.82, 2.24) is 9.55 Å². The number of nitrogens with zero attached hydrogens (tertiary/aromatic N) is 2. The number of anilines is 1. The van der Waals surface area contributed by atoms with Crippen LogP contribution in [0.3, 0.4) is 0 Å². The fraction of sp³-hybridized carbons (Fsp3) is 0.238. The molecule has 7 heteroatoms. The van der Waals surface area contributed by atoms with Gasteiger partial charge in [-0.2, -0.15) is 0 Å². The number of para-hydroxylation sites is 1. The summed E-state index contributed by atoms with van der Waals surface area (Å²) in [4.78, 5) is 41.3. The Bertz CT molecular complexity index is 1140. The van der Waals surface area contributed by atoms with Crippen LogP contribution in [0.1, 0.15) is 36.2 Å². The quantitative estimate of drug-likeness (QED) is 0.393. The van der Waals surface area contributed by atoms with E-state index in [9.17, 15) is 14.4 Å². The highest BCUT2D eigenvalue weighted by Gasteiger charge is 2.28. The molecule has 4 rings (SSSR count). The zero-order valence-corrected chi connectivity index (χ0v) is 16.2. The Morgan fingerprint density at radius 3 is 2.71 bits per heavy atom. The minimum absolute atomic E-state index is 0.0508. The van der Waals surface area contributed by atoms with E-state index in [4.69, 9.17) is 0 Å². The lowest BCUT2D eigenvalue weighted by molar-refractivity contribution is -0.113. The van der Waals surface area contributed by atoms with Crippen molar-refractivity contribution in [2.24, 2.45) is 0 Å². The van der Waals surface area contributed by atoms with Crippen LogP contribution < -0.4 is 10.9 Å². The lowest BCUT2D eigenvalue weighted by Gasteiger charge is -2.12. The Morgan fingerprint density at radius 1 is 1.18 bits per heavy atom. The molecule has 1 aliphatic rings. The highest BCUT2D eigenvalue weighted by molar-refractivity contribution is 7.99. The molecule has 142 valence electrons. The molecule has 1 N–H and O–H groups in total. The standard InChI is InChI=1S/C21H19N3O3S/c1-13(25)14-5-4-6-15(11-14)22-19(26)12-28-21-23-18-8-3-2-7-17(18)20(27)24(21)16-9-10-16/h2-8,11,16H,9-10,12H2,1H3,(H,22,26). The number of nitrogens with one attached hydrogen (secondary N) is 1. The summed E-state index contributed by atoms with van der Waals surface area (Å²) in [7, 11) is 0. The topological polar surface area (TPSA) is 81.1 Å². The number of carbonyl (C=O) groups is 2. The number of Topliss-reactive ketones (excluding diaryl/α,β-unsaturated/α-hetero) is 1. The summed E-state index contributed by atoms with van der Waals surface area (Å²) in [5.41, 5.74) is 1.71. The van der Waals surface area contributed by atoms with Crippen molar-refractivity contribution in [3.63, 3.8) is 0 Å². The monoisotopic (exact) mass is 393 g/mol. The molecule has 2 aromatic carbocycles. The van der Waals surface area contributed by atoms with Gasteiger partial charge >= 0.3 is 0 Å². The van der Waals surface area contributed by atoms with Gasteiger partial charge in [0, 0.05) is 17.3 Å². The molecule has 0 radical (unpaired) electrons. The van der Waals surface area contributed by atoms with E-state index < -0.39 is 0 Å². The third kappa shape index (κ3) is 3.84. The van der Waals surface area contributed by atoms with Crippen molar-refractivity contribution in [1.29, 1.82) is 0 Å². The SMILES string of the molecule is CC(=O)c1cccc(NC(=O)CSc2nc3ccccc3c(=O)n2C2CC2)c1. The van der Waals surface area contributed by atoms with Gasteiger partial charge in [0.05, 0.1) is 16.7 Å². The van der Waals surface area contributed by atoms with Crippen LogP contribution in [-0.4, -0.2) is 27.0 Å². The largest absolute Gasteiger partial charge is 0.325 e. The lowest BCUT2D eigenvalue weighted by Crippen LogP contribution is -2.23. The van der Waals surface area contributed by atoms with Crippen LogP contribution in [0.5, 0.6) is 0 Å². The van der Waals surface area contributed by atoms with E-state index in [2.05, 4.69) is 10.3 Å². The van der Waals surface area contributed by atoms with Gasteiger partial charge in [-0.05, 0) is 44.0 Å². The molecule has 6 nitrogen and oxygen atoms in total. The maximum Gasteiger partial charge on any atom is 0.262 e. The number of benzene rings is 2. The van der Waals surface area contributed by atoms with E-state index in [0.717, 1.165) is 12.8 Å². The Balaban J connectivity index is 1.53. The van der Waals surface area contributed by atoms with E-state index in [1.165, 1.54) is 18.7 Å². The van der Waals surface area contributed by atoms with E-state index >= 15 is 0 Å². The van der Waals surface area contributed by atoms with E-state index in [-0.39, 0.29) is 29.0 Å². The normalized spacial score (nSPS) is 13.5. The van der Waals surface area contributed by atoms with Crippen LogP contribution in [0, 0.1) is 0 Å². The molecule has 0 atom stereocenters. The smallest absolute Gasteiger partial charge is 0.262 e. The van der Waals surface area contributed by atoms with Gasteiger partial charge in [0.25, 0.3) is 5.56 Å². The van der Waals surface area contributed by atoms with Gasteiger partial charge in [0.15, 0.2) is 10.9 Å². The fourth-order valence-electron chi connectivity index (χ4n) is 3.03. The molecule has 1 fully saturated rings. The highest BCUT2D eigenvalue weighted by Crippen LogP contribution is 2.36. The molecule has 1 saturated carbocycles. The summed E-state index contributed by atoms with van der Waals surface area (Å²) in [6, 6.07) is 14.3. The van der Waals surface area contributed by atoms with Crippen molar-refractivity contribution in [2.75, 3.05) is 11.1 Å². The number of aromatic nitrogens is 2. The number of amides is 1. The summed E-state index contributed by atoms with van der Waals surface area (Å²) in [6.07, 6.45) is 1.91. The minimum atomic E-state index is -0.213. The van der Waals surface area contributed by atoms with Crippen LogP contribution in [-0.2, 0) is 4.79 Å². The number of hydrogen-bond donors (Lipinski definition) is 1. The van der Waals surface area contributed by atoms with Crippen molar-refractivity contribution >= 4 is 40.0 Å². The maximum atomic E-state index is 12.8. The molecule has 1 heterocycles. The molecule has 0 bridgehead atoms. The van der Waals surface area contributed by atoms with Crippen molar-refractivity contribution in [3.05, 3.63) is 64.4 Å². The molecular weight excluding hydrogens is 374 g/mol. The minimum Gasteiger partial charge on any atom is -0.325 e. The Kier molecular flexibility index (Phi) is 5.00. The Hall–Kier alpha value is -2.93. The summed E-state index contributed by atoms with van der Waals surface area (Å²) < 4.78 is 1.72. The van der Waals surface area contributed by atoms with Gasteiger partial charge in [-0.1, -0.05) is 36.0 Å². The molecule has 28 heavy (non-hydrogen) atoms. The van der Waals surface area contributed by atoms with Crippen LogP contribution in [0.25, 0.3) is 10.9 Å². The first-order chi connectivity index (χ1) is 13.5. The fourth-order valence-corrected chi connectivity index (χ4v) is 3.89. The summed E-state index contributed by atoms with van der Waals surface area (Å²) >= 11 is 1.26.